The van der Waals surface area contributed by atoms with Gasteiger partial charge in [0.2, 0.25) is 5.91 Å². The maximum Gasteiger partial charge on any atom is 0.251 e. The van der Waals surface area contributed by atoms with E-state index in [1.165, 1.54) is 0 Å². The summed E-state index contributed by atoms with van der Waals surface area (Å²) in [4.78, 5) is 22.8. The van der Waals surface area contributed by atoms with Crippen LogP contribution in [0.4, 0.5) is 0 Å². The number of rotatable bonds is 6. The van der Waals surface area contributed by atoms with Gasteiger partial charge < -0.3 is 16.0 Å². The SMILES string of the molecule is Cc1ccc(C(=O)NCCNCC2CCC(=O)N2)cc1. The highest BCUT2D eigenvalue weighted by atomic mass is 16.2. The summed E-state index contributed by atoms with van der Waals surface area (Å²) in [5, 5.41) is 8.99. The molecule has 0 spiro atoms. The van der Waals surface area contributed by atoms with Gasteiger partial charge in [0, 0.05) is 37.7 Å². The Morgan fingerprint density at radius 3 is 2.70 bits per heavy atom. The van der Waals surface area contributed by atoms with Crippen LogP contribution in [-0.2, 0) is 4.79 Å². The van der Waals surface area contributed by atoms with Gasteiger partial charge in [0.05, 0.1) is 0 Å². The highest BCUT2D eigenvalue weighted by molar-refractivity contribution is 5.94. The Bertz CT molecular complexity index is 471. The number of benzene rings is 1. The number of carbonyl (C=O) groups is 2. The van der Waals surface area contributed by atoms with E-state index in [0.717, 1.165) is 18.5 Å². The normalized spacial score (nSPS) is 17.9. The summed E-state index contributed by atoms with van der Waals surface area (Å²) in [5.41, 5.74) is 1.82. The third kappa shape index (κ3) is 4.35. The first-order valence-electron chi connectivity index (χ1n) is 7.00. The number of carbonyl (C=O) groups excluding carboxylic acids is 2. The zero-order valence-electron chi connectivity index (χ0n) is 11.7. The van der Waals surface area contributed by atoms with Gasteiger partial charge in [0.1, 0.15) is 0 Å². The maximum atomic E-state index is 11.8. The van der Waals surface area contributed by atoms with E-state index in [9.17, 15) is 9.59 Å². The van der Waals surface area contributed by atoms with Crippen LogP contribution < -0.4 is 16.0 Å². The van der Waals surface area contributed by atoms with Crippen molar-refractivity contribution in [1.82, 2.24) is 16.0 Å². The predicted molar refractivity (Wildman–Crippen MR) is 77.5 cm³/mol. The summed E-state index contributed by atoms with van der Waals surface area (Å²) in [7, 11) is 0. The van der Waals surface area contributed by atoms with Crippen LogP contribution in [0.1, 0.15) is 28.8 Å². The molecule has 1 aliphatic heterocycles. The van der Waals surface area contributed by atoms with E-state index in [1.54, 1.807) is 0 Å². The molecule has 0 saturated carbocycles. The Labute approximate surface area is 119 Å². The second-order valence-corrected chi connectivity index (χ2v) is 5.13. The molecule has 3 N–H and O–H groups in total. The minimum absolute atomic E-state index is 0.0547. The zero-order valence-corrected chi connectivity index (χ0v) is 11.7. The fourth-order valence-electron chi connectivity index (χ4n) is 2.18. The second kappa shape index (κ2) is 7.05. The highest BCUT2D eigenvalue weighted by Gasteiger charge is 2.19. The Hall–Kier alpha value is -1.88. The van der Waals surface area contributed by atoms with Gasteiger partial charge in [-0.05, 0) is 25.5 Å². The molecule has 0 bridgehead atoms. The second-order valence-electron chi connectivity index (χ2n) is 5.13. The molecule has 1 atom stereocenters. The predicted octanol–water partition coefficient (Wildman–Crippen LogP) is 0.593. The average Bonchev–Trinajstić information content (AvgIpc) is 2.84. The van der Waals surface area contributed by atoms with Crippen molar-refractivity contribution in [2.75, 3.05) is 19.6 Å². The van der Waals surface area contributed by atoms with E-state index in [4.69, 9.17) is 0 Å². The molecule has 5 nitrogen and oxygen atoms in total. The van der Waals surface area contributed by atoms with Crippen molar-refractivity contribution < 1.29 is 9.59 Å². The first-order valence-corrected chi connectivity index (χ1v) is 7.00. The molecule has 1 unspecified atom stereocenters. The number of hydrogen-bond donors (Lipinski definition) is 3. The van der Waals surface area contributed by atoms with Gasteiger partial charge in [-0.2, -0.15) is 0 Å². The summed E-state index contributed by atoms with van der Waals surface area (Å²) in [6, 6.07) is 7.74. The Morgan fingerprint density at radius 2 is 2.05 bits per heavy atom. The van der Waals surface area contributed by atoms with Crippen molar-refractivity contribution in [3.05, 3.63) is 35.4 Å². The van der Waals surface area contributed by atoms with E-state index in [0.29, 0.717) is 25.1 Å². The smallest absolute Gasteiger partial charge is 0.251 e. The molecular weight excluding hydrogens is 254 g/mol. The molecule has 5 heteroatoms. The third-order valence-electron chi connectivity index (χ3n) is 3.38. The maximum absolute atomic E-state index is 11.8. The van der Waals surface area contributed by atoms with Crippen molar-refractivity contribution >= 4 is 11.8 Å². The molecule has 2 rings (SSSR count). The average molecular weight is 275 g/mol. The van der Waals surface area contributed by atoms with Crippen LogP contribution in [0.2, 0.25) is 0 Å². The van der Waals surface area contributed by atoms with Gasteiger partial charge in [0.25, 0.3) is 5.91 Å². The molecular formula is C15H21N3O2. The van der Waals surface area contributed by atoms with E-state index in [-0.39, 0.29) is 17.9 Å². The molecule has 1 saturated heterocycles. The molecule has 1 aromatic rings. The molecule has 20 heavy (non-hydrogen) atoms. The van der Waals surface area contributed by atoms with Gasteiger partial charge in [-0.25, -0.2) is 0 Å². The van der Waals surface area contributed by atoms with Crippen molar-refractivity contribution in [3.63, 3.8) is 0 Å². The number of aryl methyl sites for hydroxylation is 1. The summed E-state index contributed by atoms with van der Waals surface area (Å²) in [6.45, 7) is 4.02. The van der Waals surface area contributed by atoms with Crippen LogP contribution in [0.5, 0.6) is 0 Å². The minimum atomic E-state index is -0.0547. The number of nitrogens with one attached hydrogen (secondary N) is 3. The van der Waals surface area contributed by atoms with Gasteiger partial charge in [0.15, 0.2) is 0 Å². The van der Waals surface area contributed by atoms with E-state index < -0.39 is 0 Å². The Kier molecular flexibility index (Phi) is 5.12. The topological polar surface area (TPSA) is 70.2 Å². The Balaban J connectivity index is 1.60. The van der Waals surface area contributed by atoms with E-state index >= 15 is 0 Å². The van der Waals surface area contributed by atoms with Crippen LogP contribution in [0, 0.1) is 6.92 Å². The summed E-state index contributed by atoms with van der Waals surface area (Å²) in [6.07, 6.45) is 1.51. The van der Waals surface area contributed by atoms with E-state index in [2.05, 4.69) is 16.0 Å². The van der Waals surface area contributed by atoms with Crippen LogP contribution >= 0.6 is 0 Å². The standard InChI is InChI=1S/C15H21N3O2/c1-11-2-4-12(5-3-11)15(20)17-9-8-16-10-13-6-7-14(19)18-13/h2-5,13,16H,6-10H2,1H3,(H,17,20)(H,18,19). The minimum Gasteiger partial charge on any atom is -0.352 e. The molecule has 108 valence electrons. The first kappa shape index (κ1) is 14.5. The lowest BCUT2D eigenvalue weighted by Crippen LogP contribution is -2.39. The molecule has 0 aliphatic carbocycles. The molecule has 2 amide bonds. The molecule has 1 fully saturated rings. The van der Waals surface area contributed by atoms with Crippen molar-refractivity contribution in [1.29, 1.82) is 0 Å². The largest absolute Gasteiger partial charge is 0.352 e. The van der Waals surface area contributed by atoms with Crippen LogP contribution in [0.25, 0.3) is 0 Å². The first-order chi connectivity index (χ1) is 9.65. The quantitative estimate of drug-likeness (QED) is 0.666. The summed E-state index contributed by atoms with van der Waals surface area (Å²) < 4.78 is 0. The van der Waals surface area contributed by atoms with Crippen LogP contribution in [0.3, 0.4) is 0 Å². The van der Waals surface area contributed by atoms with Crippen molar-refractivity contribution in [2.24, 2.45) is 0 Å². The lowest BCUT2D eigenvalue weighted by molar-refractivity contribution is -0.119. The van der Waals surface area contributed by atoms with Crippen molar-refractivity contribution in [2.45, 2.75) is 25.8 Å². The van der Waals surface area contributed by atoms with Crippen LogP contribution in [0.15, 0.2) is 24.3 Å². The Morgan fingerprint density at radius 1 is 1.30 bits per heavy atom. The van der Waals surface area contributed by atoms with E-state index in [1.807, 2.05) is 31.2 Å². The number of hydrogen-bond acceptors (Lipinski definition) is 3. The molecule has 1 heterocycles. The lowest BCUT2D eigenvalue weighted by atomic mass is 10.1. The summed E-state index contributed by atoms with van der Waals surface area (Å²) >= 11 is 0. The van der Waals surface area contributed by atoms with Gasteiger partial charge in [-0.15, -0.1) is 0 Å². The third-order valence-corrected chi connectivity index (χ3v) is 3.38. The fraction of sp³-hybridized carbons (Fsp3) is 0.467. The highest BCUT2D eigenvalue weighted by Crippen LogP contribution is 2.04. The number of amides is 2. The monoisotopic (exact) mass is 275 g/mol. The fourth-order valence-corrected chi connectivity index (χ4v) is 2.18. The van der Waals surface area contributed by atoms with Crippen LogP contribution in [-0.4, -0.2) is 37.5 Å². The van der Waals surface area contributed by atoms with Gasteiger partial charge in [-0.3, -0.25) is 9.59 Å². The lowest BCUT2D eigenvalue weighted by Gasteiger charge is -2.11. The summed E-state index contributed by atoms with van der Waals surface area (Å²) in [5.74, 6) is 0.0745. The zero-order chi connectivity index (χ0) is 14.4. The molecule has 1 aromatic carbocycles. The molecule has 1 aliphatic rings. The van der Waals surface area contributed by atoms with Gasteiger partial charge in [-0.1, -0.05) is 17.7 Å². The molecule has 0 radical (unpaired) electrons. The molecule has 0 aromatic heterocycles. The van der Waals surface area contributed by atoms with Gasteiger partial charge >= 0.3 is 0 Å². The van der Waals surface area contributed by atoms with Crippen molar-refractivity contribution in [3.8, 4) is 0 Å².